The lowest BCUT2D eigenvalue weighted by Crippen LogP contribution is -2.44. The van der Waals surface area contributed by atoms with Gasteiger partial charge in [0.1, 0.15) is 0 Å². The SMILES string of the molecule is I.NC(=NCc1cnn2ccccc12)N1CCOCC1. The predicted molar refractivity (Wildman–Crippen MR) is 88.3 cm³/mol. The van der Waals surface area contributed by atoms with Crippen LogP contribution in [-0.2, 0) is 11.3 Å². The quantitative estimate of drug-likeness (QED) is 0.476. The van der Waals surface area contributed by atoms with E-state index < -0.39 is 0 Å². The van der Waals surface area contributed by atoms with Crippen LogP contribution in [0, 0.1) is 0 Å². The topological polar surface area (TPSA) is 68.1 Å². The molecule has 2 N–H and O–H groups in total. The van der Waals surface area contributed by atoms with Gasteiger partial charge in [0.05, 0.1) is 31.5 Å². The summed E-state index contributed by atoms with van der Waals surface area (Å²) in [5, 5.41) is 4.28. The second-order valence-corrected chi connectivity index (χ2v) is 4.47. The molecule has 0 atom stereocenters. The maximum absolute atomic E-state index is 6.00. The smallest absolute Gasteiger partial charge is 0.191 e. The number of pyridine rings is 1. The van der Waals surface area contributed by atoms with Crippen molar-refractivity contribution >= 4 is 35.5 Å². The maximum Gasteiger partial charge on any atom is 0.191 e. The third-order valence-electron chi connectivity index (χ3n) is 3.25. The van der Waals surface area contributed by atoms with E-state index in [2.05, 4.69) is 15.0 Å². The highest BCUT2D eigenvalue weighted by atomic mass is 127. The summed E-state index contributed by atoms with van der Waals surface area (Å²) in [6.45, 7) is 3.60. The van der Waals surface area contributed by atoms with Crippen LogP contribution in [0.25, 0.3) is 5.52 Å². The second-order valence-electron chi connectivity index (χ2n) is 4.47. The molecule has 0 bridgehead atoms. The molecule has 0 saturated carbocycles. The Balaban J connectivity index is 0.00000147. The van der Waals surface area contributed by atoms with E-state index in [0.29, 0.717) is 25.7 Å². The van der Waals surface area contributed by atoms with Gasteiger partial charge in [-0.05, 0) is 12.1 Å². The molecule has 0 spiro atoms. The van der Waals surface area contributed by atoms with Crippen molar-refractivity contribution < 1.29 is 4.74 Å². The molecule has 108 valence electrons. The molecule has 1 fully saturated rings. The summed E-state index contributed by atoms with van der Waals surface area (Å²) < 4.78 is 7.14. The Morgan fingerprint density at radius 1 is 1.35 bits per heavy atom. The summed E-state index contributed by atoms with van der Waals surface area (Å²) in [5.74, 6) is 0.582. The number of rotatable bonds is 2. The van der Waals surface area contributed by atoms with Gasteiger partial charge < -0.3 is 15.4 Å². The first-order valence-corrected chi connectivity index (χ1v) is 6.38. The fourth-order valence-electron chi connectivity index (χ4n) is 2.17. The molecule has 0 unspecified atom stereocenters. The summed E-state index contributed by atoms with van der Waals surface area (Å²) in [6.07, 6.45) is 3.76. The number of hydrogen-bond acceptors (Lipinski definition) is 3. The number of fused-ring (bicyclic) bond motifs is 1. The highest BCUT2D eigenvalue weighted by molar-refractivity contribution is 14.0. The van der Waals surface area contributed by atoms with E-state index in [1.165, 1.54) is 0 Å². The Morgan fingerprint density at radius 2 is 2.15 bits per heavy atom. The predicted octanol–water partition coefficient (Wildman–Crippen LogP) is 1.10. The van der Waals surface area contributed by atoms with Crippen LogP contribution in [0.4, 0.5) is 0 Å². The number of nitrogens with two attached hydrogens (primary N) is 1. The molecule has 1 aliphatic rings. The average molecular weight is 387 g/mol. The van der Waals surface area contributed by atoms with Gasteiger partial charge in [0, 0.05) is 24.8 Å². The molecule has 7 heteroatoms. The van der Waals surface area contributed by atoms with E-state index in [9.17, 15) is 0 Å². The molecule has 0 aliphatic carbocycles. The summed E-state index contributed by atoms with van der Waals surface area (Å²) in [6, 6.07) is 5.98. The van der Waals surface area contributed by atoms with Crippen molar-refractivity contribution in [2.45, 2.75) is 6.54 Å². The van der Waals surface area contributed by atoms with Gasteiger partial charge in [-0.15, -0.1) is 24.0 Å². The Morgan fingerprint density at radius 3 is 2.95 bits per heavy atom. The lowest BCUT2D eigenvalue weighted by atomic mass is 10.2. The number of nitrogens with zero attached hydrogens (tertiary/aromatic N) is 4. The highest BCUT2D eigenvalue weighted by Gasteiger charge is 2.12. The summed E-state index contributed by atoms with van der Waals surface area (Å²) >= 11 is 0. The van der Waals surface area contributed by atoms with Crippen molar-refractivity contribution in [2.75, 3.05) is 26.3 Å². The fraction of sp³-hybridized carbons (Fsp3) is 0.385. The van der Waals surface area contributed by atoms with Crippen LogP contribution < -0.4 is 5.73 Å². The lowest BCUT2D eigenvalue weighted by molar-refractivity contribution is 0.0674. The van der Waals surface area contributed by atoms with Crippen LogP contribution in [0.15, 0.2) is 35.6 Å². The molecule has 20 heavy (non-hydrogen) atoms. The van der Waals surface area contributed by atoms with Crippen molar-refractivity contribution in [3.05, 3.63) is 36.2 Å². The monoisotopic (exact) mass is 387 g/mol. The van der Waals surface area contributed by atoms with Crippen molar-refractivity contribution in [2.24, 2.45) is 10.7 Å². The average Bonchev–Trinajstić information content (AvgIpc) is 2.89. The van der Waals surface area contributed by atoms with Gasteiger partial charge in [0.2, 0.25) is 0 Å². The number of halogens is 1. The van der Waals surface area contributed by atoms with Crippen LogP contribution >= 0.6 is 24.0 Å². The summed E-state index contributed by atoms with van der Waals surface area (Å²) in [5.41, 5.74) is 8.15. The zero-order chi connectivity index (χ0) is 13.1. The first-order valence-electron chi connectivity index (χ1n) is 6.38. The Hall–Kier alpha value is -1.35. The highest BCUT2D eigenvalue weighted by Crippen LogP contribution is 2.11. The van der Waals surface area contributed by atoms with Crippen LogP contribution in [0.5, 0.6) is 0 Å². The van der Waals surface area contributed by atoms with E-state index in [4.69, 9.17) is 10.5 Å². The molecule has 1 aliphatic heterocycles. The molecule has 1 saturated heterocycles. The zero-order valence-electron chi connectivity index (χ0n) is 11.1. The third-order valence-corrected chi connectivity index (χ3v) is 3.25. The Bertz CT molecular complexity index is 591. The van der Waals surface area contributed by atoms with Crippen LogP contribution in [0.3, 0.4) is 0 Å². The first kappa shape index (κ1) is 15.0. The number of aromatic nitrogens is 2. The molecule has 3 heterocycles. The number of morpholine rings is 1. The molecule has 0 radical (unpaired) electrons. The van der Waals surface area contributed by atoms with E-state index in [1.807, 2.05) is 35.1 Å². The van der Waals surface area contributed by atoms with E-state index >= 15 is 0 Å². The molecule has 0 amide bonds. The largest absolute Gasteiger partial charge is 0.378 e. The Labute approximate surface area is 134 Å². The molecule has 2 aromatic heterocycles. The van der Waals surface area contributed by atoms with E-state index in [0.717, 1.165) is 24.2 Å². The van der Waals surface area contributed by atoms with Gasteiger partial charge in [-0.25, -0.2) is 9.51 Å². The fourth-order valence-corrected chi connectivity index (χ4v) is 2.17. The van der Waals surface area contributed by atoms with Gasteiger partial charge in [0.15, 0.2) is 5.96 Å². The molecule has 0 aromatic carbocycles. The van der Waals surface area contributed by atoms with Gasteiger partial charge >= 0.3 is 0 Å². The van der Waals surface area contributed by atoms with Crippen molar-refractivity contribution in [3.63, 3.8) is 0 Å². The number of guanidine groups is 1. The molecular formula is C13H18IN5O. The number of hydrogen-bond donors (Lipinski definition) is 1. The Kier molecular flexibility index (Phi) is 5.18. The van der Waals surface area contributed by atoms with Gasteiger partial charge in [-0.1, -0.05) is 6.07 Å². The lowest BCUT2D eigenvalue weighted by Gasteiger charge is -2.27. The summed E-state index contributed by atoms with van der Waals surface area (Å²) in [4.78, 5) is 6.50. The minimum atomic E-state index is 0. The minimum absolute atomic E-state index is 0. The molecule has 2 aromatic rings. The maximum atomic E-state index is 6.00. The summed E-state index contributed by atoms with van der Waals surface area (Å²) in [7, 11) is 0. The van der Waals surface area contributed by atoms with Gasteiger partial charge in [0.25, 0.3) is 0 Å². The van der Waals surface area contributed by atoms with Crippen LogP contribution in [0.1, 0.15) is 5.56 Å². The third kappa shape index (κ3) is 3.21. The van der Waals surface area contributed by atoms with Crippen molar-refractivity contribution in [1.29, 1.82) is 0 Å². The second kappa shape index (κ2) is 6.89. The zero-order valence-corrected chi connectivity index (χ0v) is 13.4. The van der Waals surface area contributed by atoms with Crippen LogP contribution in [0.2, 0.25) is 0 Å². The van der Waals surface area contributed by atoms with E-state index in [1.54, 1.807) is 0 Å². The number of ether oxygens (including phenoxy) is 1. The molecule has 6 nitrogen and oxygen atoms in total. The van der Waals surface area contributed by atoms with Crippen molar-refractivity contribution in [1.82, 2.24) is 14.5 Å². The number of aliphatic imine (C=N–C) groups is 1. The normalized spacial score (nSPS) is 16.2. The van der Waals surface area contributed by atoms with Gasteiger partial charge in [-0.3, -0.25) is 0 Å². The standard InChI is InChI=1S/C13H17N5O.HI/c14-13(17-5-7-19-8-6-17)15-9-11-10-16-18-4-2-1-3-12(11)18;/h1-4,10H,5-9H2,(H2,14,15);1H. The van der Waals surface area contributed by atoms with Gasteiger partial charge in [-0.2, -0.15) is 5.10 Å². The molecular weight excluding hydrogens is 369 g/mol. The first-order chi connectivity index (χ1) is 9.34. The molecule has 3 rings (SSSR count). The minimum Gasteiger partial charge on any atom is -0.378 e. The van der Waals surface area contributed by atoms with Crippen LogP contribution in [-0.4, -0.2) is 46.8 Å². The van der Waals surface area contributed by atoms with Crippen molar-refractivity contribution in [3.8, 4) is 0 Å². The van der Waals surface area contributed by atoms with E-state index in [-0.39, 0.29) is 24.0 Å².